The minimum atomic E-state index is 0.202. The molecule has 1 spiro atoms. The van der Waals surface area contributed by atoms with Gasteiger partial charge in [0.25, 0.3) is 0 Å². The van der Waals surface area contributed by atoms with Gasteiger partial charge in [0, 0.05) is 11.1 Å². The number of hydrogen-bond acceptors (Lipinski definition) is 2. The lowest BCUT2D eigenvalue weighted by Crippen LogP contribution is -2.52. The molecule has 0 bridgehead atoms. The van der Waals surface area contributed by atoms with Crippen molar-refractivity contribution in [3.8, 4) is 0 Å². The Kier molecular flexibility index (Phi) is 4.59. The second-order valence-corrected chi connectivity index (χ2v) is 8.86. The van der Waals surface area contributed by atoms with Crippen LogP contribution in [0.1, 0.15) is 64.9 Å². The van der Waals surface area contributed by atoms with Crippen molar-refractivity contribution in [2.45, 2.75) is 70.4 Å². The Morgan fingerprint density at radius 3 is 1.91 bits per heavy atom. The number of likely N-dealkylation sites (tertiary alicyclic amines) is 1. The van der Waals surface area contributed by atoms with E-state index in [0.29, 0.717) is 11.0 Å². The van der Waals surface area contributed by atoms with Crippen LogP contribution in [0.15, 0.2) is 30.3 Å². The maximum atomic E-state index is 3.68. The maximum Gasteiger partial charge on any atom is 0.0432 e. The fourth-order valence-electron chi connectivity index (χ4n) is 4.80. The molecule has 23 heavy (non-hydrogen) atoms. The molecule has 128 valence electrons. The highest BCUT2D eigenvalue weighted by Crippen LogP contribution is 2.50. The molecule has 2 aliphatic rings. The lowest BCUT2D eigenvalue weighted by Gasteiger charge is -2.52. The standard InChI is InChI=1S/C21H34N2/c1-19(2,3)23-16-14-20(15-17-23)10-12-21(22-4,13-11-20)18-8-6-5-7-9-18/h5-9,22H,10-17H2,1-4H3. The zero-order chi connectivity index (χ0) is 16.6. The smallest absolute Gasteiger partial charge is 0.0432 e. The first-order valence-corrected chi connectivity index (χ1v) is 9.39. The van der Waals surface area contributed by atoms with Gasteiger partial charge in [0.15, 0.2) is 0 Å². The summed E-state index contributed by atoms with van der Waals surface area (Å²) in [4.78, 5) is 2.68. The van der Waals surface area contributed by atoms with Crippen molar-refractivity contribution in [2.75, 3.05) is 20.1 Å². The van der Waals surface area contributed by atoms with Crippen molar-refractivity contribution in [3.63, 3.8) is 0 Å². The molecular formula is C21H34N2. The van der Waals surface area contributed by atoms with E-state index in [9.17, 15) is 0 Å². The van der Waals surface area contributed by atoms with E-state index in [1.807, 2.05) is 0 Å². The molecule has 1 aliphatic carbocycles. The van der Waals surface area contributed by atoms with E-state index in [4.69, 9.17) is 0 Å². The molecule has 0 unspecified atom stereocenters. The number of nitrogens with zero attached hydrogens (tertiary/aromatic N) is 1. The predicted octanol–water partition coefficient (Wildman–Crippen LogP) is 4.56. The normalized spacial score (nSPS) is 24.7. The third kappa shape index (κ3) is 3.34. The molecule has 3 rings (SSSR count). The number of rotatable bonds is 2. The van der Waals surface area contributed by atoms with Gasteiger partial charge in [-0.2, -0.15) is 0 Å². The van der Waals surface area contributed by atoms with Crippen LogP contribution in [0.25, 0.3) is 0 Å². The lowest BCUT2D eigenvalue weighted by atomic mass is 9.61. The Balaban J connectivity index is 1.67. The van der Waals surface area contributed by atoms with Crippen LogP contribution in [-0.4, -0.2) is 30.6 Å². The van der Waals surface area contributed by atoms with Gasteiger partial charge in [-0.25, -0.2) is 0 Å². The summed E-state index contributed by atoms with van der Waals surface area (Å²) in [6.07, 6.45) is 8.09. The van der Waals surface area contributed by atoms with E-state index in [2.05, 4.69) is 68.4 Å². The van der Waals surface area contributed by atoms with Gasteiger partial charge in [0.1, 0.15) is 0 Å². The summed E-state index contributed by atoms with van der Waals surface area (Å²) in [5, 5.41) is 3.68. The van der Waals surface area contributed by atoms with Gasteiger partial charge in [-0.05, 0) is 90.4 Å². The van der Waals surface area contributed by atoms with Crippen molar-refractivity contribution in [1.29, 1.82) is 0 Å². The van der Waals surface area contributed by atoms with Gasteiger partial charge in [0.05, 0.1) is 0 Å². The van der Waals surface area contributed by atoms with Crippen LogP contribution >= 0.6 is 0 Å². The number of benzene rings is 1. The summed E-state index contributed by atoms with van der Waals surface area (Å²) in [7, 11) is 2.15. The SMILES string of the molecule is CNC1(c2ccccc2)CCC2(CCN(C(C)(C)C)CC2)CC1. The molecule has 1 N–H and O–H groups in total. The van der Waals surface area contributed by atoms with Crippen molar-refractivity contribution in [2.24, 2.45) is 5.41 Å². The highest BCUT2D eigenvalue weighted by atomic mass is 15.2. The Bertz CT molecular complexity index is 496. The van der Waals surface area contributed by atoms with Crippen LogP contribution < -0.4 is 5.32 Å². The fourth-order valence-corrected chi connectivity index (χ4v) is 4.80. The Morgan fingerprint density at radius 2 is 1.43 bits per heavy atom. The van der Waals surface area contributed by atoms with E-state index in [1.54, 1.807) is 0 Å². The highest BCUT2D eigenvalue weighted by molar-refractivity contribution is 5.25. The molecular weight excluding hydrogens is 280 g/mol. The minimum Gasteiger partial charge on any atom is -0.310 e. The topological polar surface area (TPSA) is 15.3 Å². The molecule has 0 aromatic heterocycles. The zero-order valence-corrected chi connectivity index (χ0v) is 15.5. The summed E-state index contributed by atoms with van der Waals surface area (Å²) in [5.41, 5.74) is 2.61. The number of nitrogens with one attached hydrogen (secondary N) is 1. The van der Waals surface area contributed by atoms with Gasteiger partial charge in [-0.15, -0.1) is 0 Å². The molecule has 1 aromatic rings. The quantitative estimate of drug-likeness (QED) is 0.861. The lowest BCUT2D eigenvalue weighted by molar-refractivity contribution is 0.00369. The molecule has 1 aliphatic heterocycles. The van der Waals surface area contributed by atoms with Gasteiger partial charge in [-0.1, -0.05) is 30.3 Å². The first kappa shape index (κ1) is 17.0. The van der Waals surface area contributed by atoms with Crippen molar-refractivity contribution < 1.29 is 0 Å². The van der Waals surface area contributed by atoms with E-state index in [1.165, 1.54) is 57.2 Å². The van der Waals surface area contributed by atoms with E-state index in [-0.39, 0.29) is 5.54 Å². The van der Waals surface area contributed by atoms with Crippen molar-refractivity contribution in [1.82, 2.24) is 10.2 Å². The van der Waals surface area contributed by atoms with Crippen LogP contribution in [0.5, 0.6) is 0 Å². The molecule has 2 nitrogen and oxygen atoms in total. The summed E-state index contributed by atoms with van der Waals surface area (Å²) < 4.78 is 0. The molecule has 1 saturated carbocycles. The fraction of sp³-hybridized carbons (Fsp3) is 0.714. The highest BCUT2D eigenvalue weighted by Gasteiger charge is 2.44. The molecule has 0 atom stereocenters. The zero-order valence-electron chi connectivity index (χ0n) is 15.5. The third-order valence-electron chi connectivity index (χ3n) is 6.74. The Morgan fingerprint density at radius 1 is 0.870 bits per heavy atom. The summed E-state index contributed by atoms with van der Waals surface area (Å²) >= 11 is 0. The van der Waals surface area contributed by atoms with Crippen LogP contribution in [-0.2, 0) is 5.54 Å². The summed E-state index contributed by atoms with van der Waals surface area (Å²) in [5.74, 6) is 0. The molecule has 1 aromatic carbocycles. The average molecular weight is 315 g/mol. The number of piperidine rings is 1. The largest absolute Gasteiger partial charge is 0.310 e. The Labute approximate surface area is 142 Å². The molecule has 2 heteroatoms. The van der Waals surface area contributed by atoms with Crippen LogP contribution in [0.2, 0.25) is 0 Å². The molecule has 0 radical (unpaired) electrons. The molecule has 2 fully saturated rings. The summed E-state index contributed by atoms with van der Waals surface area (Å²) in [6.45, 7) is 9.62. The van der Waals surface area contributed by atoms with Gasteiger partial charge < -0.3 is 5.32 Å². The van der Waals surface area contributed by atoms with E-state index < -0.39 is 0 Å². The van der Waals surface area contributed by atoms with E-state index in [0.717, 1.165) is 0 Å². The molecule has 1 heterocycles. The predicted molar refractivity (Wildman–Crippen MR) is 98.6 cm³/mol. The van der Waals surface area contributed by atoms with Crippen molar-refractivity contribution in [3.05, 3.63) is 35.9 Å². The molecule has 0 amide bonds. The maximum absolute atomic E-state index is 3.68. The summed E-state index contributed by atoms with van der Waals surface area (Å²) in [6, 6.07) is 11.1. The first-order chi connectivity index (χ1) is 10.9. The minimum absolute atomic E-state index is 0.202. The number of hydrogen-bond donors (Lipinski definition) is 1. The molecule has 1 saturated heterocycles. The van der Waals surface area contributed by atoms with Crippen LogP contribution in [0, 0.1) is 5.41 Å². The Hall–Kier alpha value is -0.860. The van der Waals surface area contributed by atoms with Gasteiger partial charge >= 0.3 is 0 Å². The van der Waals surface area contributed by atoms with Crippen LogP contribution in [0.3, 0.4) is 0 Å². The van der Waals surface area contributed by atoms with Crippen molar-refractivity contribution >= 4 is 0 Å². The van der Waals surface area contributed by atoms with Crippen LogP contribution in [0.4, 0.5) is 0 Å². The van der Waals surface area contributed by atoms with Gasteiger partial charge in [0.2, 0.25) is 0 Å². The second kappa shape index (κ2) is 6.22. The monoisotopic (exact) mass is 314 g/mol. The van der Waals surface area contributed by atoms with Gasteiger partial charge in [-0.3, -0.25) is 4.90 Å². The third-order valence-corrected chi connectivity index (χ3v) is 6.74. The second-order valence-electron chi connectivity index (χ2n) is 8.86. The average Bonchev–Trinajstić information content (AvgIpc) is 2.56. The first-order valence-electron chi connectivity index (χ1n) is 9.39. The van der Waals surface area contributed by atoms with E-state index >= 15 is 0 Å².